The average molecular weight is 243 g/mol. The van der Waals surface area contributed by atoms with E-state index < -0.39 is 0 Å². The Morgan fingerprint density at radius 1 is 1.22 bits per heavy atom. The fourth-order valence-electron chi connectivity index (χ4n) is 2.16. The summed E-state index contributed by atoms with van der Waals surface area (Å²) in [4.78, 5) is 7.97. The molecule has 0 radical (unpaired) electrons. The molecule has 2 aromatic rings. The Balaban J connectivity index is 2.25. The maximum atomic E-state index is 4.65. The molecule has 2 rings (SSSR count). The Kier molecular flexibility index (Phi) is 3.82. The van der Waals surface area contributed by atoms with Crippen LogP contribution in [0.1, 0.15) is 33.9 Å². The lowest BCUT2D eigenvalue weighted by Crippen LogP contribution is -2.06. The lowest BCUT2D eigenvalue weighted by molar-refractivity contribution is 0.768. The Labute approximate surface area is 109 Å². The molecule has 1 aromatic carbocycles. The second-order valence-corrected chi connectivity index (χ2v) is 4.89. The van der Waals surface area contributed by atoms with Crippen LogP contribution in [0, 0.1) is 20.8 Å². The monoisotopic (exact) mass is 243 g/mol. The summed E-state index contributed by atoms with van der Waals surface area (Å²) in [5.41, 5.74) is 6.31. The van der Waals surface area contributed by atoms with Gasteiger partial charge in [-0.1, -0.05) is 23.8 Å². The summed E-state index contributed by atoms with van der Waals surface area (Å²) >= 11 is 0. The van der Waals surface area contributed by atoms with Gasteiger partial charge < -0.3 is 10.3 Å². The van der Waals surface area contributed by atoms with Crippen LogP contribution in [0.4, 0.5) is 0 Å². The van der Waals surface area contributed by atoms with Crippen LogP contribution in [0.15, 0.2) is 18.2 Å². The summed E-state index contributed by atoms with van der Waals surface area (Å²) in [7, 11) is 1.93. The van der Waals surface area contributed by atoms with Crippen LogP contribution < -0.4 is 5.32 Å². The van der Waals surface area contributed by atoms with E-state index in [2.05, 4.69) is 54.3 Å². The van der Waals surface area contributed by atoms with Gasteiger partial charge in [-0.3, -0.25) is 0 Å². The summed E-state index contributed by atoms with van der Waals surface area (Å²) in [5.74, 6) is 1.01. The van der Waals surface area contributed by atoms with E-state index in [9.17, 15) is 0 Å². The number of benzene rings is 1. The van der Waals surface area contributed by atoms with E-state index in [1.165, 1.54) is 22.4 Å². The second kappa shape index (κ2) is 5.36. The summed E-state index contributed by atoms with van der Waals surface area (Å²) < 4.78 is 0. The van der Waals surface area contributed by atoms with Crippen molar-refractivity contribution >= 4 is 0 Å². The van der Waals surface area contributed by atoms with Crippen molar-refractivity contribution in [1.82, 2.24) is 15.3 Å². The molecule has 3 heteroatoms. The minimum absolute atomic E-state index is 0.785. The van der Waals surface area contributed by atoms with Crippen LogP contribution in [0.2, 0.25) is 0 Å². The largest absolute Gasteiger partial charge is 0.345 e. The van der Waals surface area contributed by atoms with Crippen molar-refractivity contribution in [3.8, 4) is 0 Å². The second-order valence-electron chi connectivity index (χ2n) is 4.89. The molecule has 1 aromatic heterocycles. The molecular weight excluding hydrogens is 222 g/mol. The van der Waals surface area contributed by atoms with E-state index in [-0.39, 0.29) is 0 Å². The van der Waals surface area contributed by atoms with Crippen molar-refractivity contribution in [2.24, 2.45) is 0 Å². The summed E-state index contributed by atoms with van der Waals surface area (Å²) in [6.45, 7) is 7.16. The molecular formula is C15H21N3. The van der Waals surface area contributed by atoms with Gasteiger partial charge in [0.2, 0.25) is 0 Å². The number of nitrogens with zero attached hydrogens (tertiary/aromatic N) is 1. The molecule has 0 bridgehead atoms. The molecule has 0 aliphatic heterocycles. The van der Waals surface area contributed by atoms with E-state index in [4.69, 9.17) is 0 Å². The molecule has 0 unspecified atom stereocenters. The van der Waals surface area contributed by atoms with Crippen molar-refractivity contribution in [1.29, 1.82) is 0 Å². The highest BCUT2D eigenvalue weighted by molar-refractivity contribution is 5.34. The third-order valence-corrected chi connectivity index (χ3v) is 3.24. The number of hydrogen-bond acceptors (Lipinski definition) is 2. The summed E-state index contributed by atoms with van der Waals surface area (Å²) in [6, 6.07) is 6.59. The van der Waals surface area contributed by atoms with Crippen molar-refractivity contribution in [3.63, 3.8) is 0 Å². The standard InChI is InChI=1S/C15H21N3/c1-10-5-6-11(2)13(7-10)8-14-12(3)17-15(18-14)9-16-4/h5-7,16H,8-9H2,1-4H3,(H,17,18). The maximum absolute atomic E-state index is 4.65. The molecule has 0 spiro atoms. The van der Waals surface area contributed by atoms with Gasteiger partial charge in [0.05, 0.1) is 12.2 Å². The highest BCUT2D eigenvalue weighted by Gasteiger charge is 2.08. The summed E-state index contributed by atoms with van der Waals surface area (Å²) in [5, 5.41) is 3.12. The number of nitrogens with one attached hydrogen (secondary N) is 2. The molecule has 0 aliphatic carbocycles. The van der Waals surface area contributed by atoms with Crippen LogP contribution in [-0.4, -0.2) is 17.0 Å². The molecule has 0 aliphatic rings. The highest BCUT2D eigenvalue weighted by Crippen LogP contribution is 2.16. The maximum Gasteiger partial charge on any atom is 0.120 e. The zero-order chi connectivity index (χ0) is 13.1. The first-order valence-corrected chi connectivity index (χ1v) is 6.35. The highest BCUT2D eigenvalue weighted by atomic mass is 15.0. The van der Waals surface area contributed by atoms with Crippen molar-refractivity contribution in [3.05, 3.63) is 52.1 Å². The Hall–Kier alpha value is -1.61. The minimum Gasteiger partial charge on any atom is -0.345 e. The van der Waals surface area contributed by atoms with Gasteiger partial charge in [0, 0.05) is 12.1 Å². The number of aromatic amines is 1. The number of aryl methyl sites for hydroxylation is 3. The first-order valence-electron chi connectivity index (χ1n) is 6.35. The topological polar surface area (TPSA) is 40.7 Å². The molecule has 0 atom stereocenters. The fraction of sp³-hybridized carbons (Fsp3) is 0.400. The SMILES string of the molecule is CNCc1nc(Cc2cc(C)ccc2C)c(C)[nH]1. The van der Waals surface area contributed by atoms with E-state index in [1.54, 1.807) is 0 Å². The van der Waals surface area contributed by atoms with E-state index >= 15 is 0 Å². The molecule has 0 amide bonds. The van der Waals surface area contributed by atoms with E-state index in [0.29, 0.717) is 0 Å². The zero-order valence-electron chi connectivity index (χ0n) is 11.6. The molecule has 1 heterocycles. The number of hydrogen-bond donors (Lipinski definition) is 2. The lowest BCUT2D eigenvalue weighted by atomic mass is 10.0. The van der Waals surface area contributed by atoms with Gasteiger partial charge in [-0.05, 0) is 38.9 Å². The number of H-pyrrole nitrogens is 1. The van der Waals surface area contributed by atoms with Gasteiger partial charge in [-0.15, -0.1) is 0 Å². The molecule has 96 valence electrons. The zero-order valence-corrected chi connectivity index (χ0v) is 11.6. The van der Waals surface area contributed by atoms with Gasteiger partial charge in [0.1, 0.15) is 5.82 Å². The van der Waals surface area contributed by atoms with Gasteiger partial charge in [0.25, 0.3) is 0 Å². The Bertz CT molecular complexity index is 541. The Morgan fingerprint density at radius 3 is 2.72 bits per heavy atom. The smallest absolute Gasteiger partial charge is 0.120 e. The summed E-state index contributed by atoms with van der Waals surface area (Å²) in [6.07, 6.45) is 0.902. The number of imidazole rings is 1. The predicted molar refractivity (Wildman–Crippen MR) is 74.8 cm³/mol. The molecule has 18 heavy (non-hydrogen) atoms. The molecule has 2 N–H and O–H groups in total. The van der Waals surface area contributed by atoms with Gasteiger partial charge in [0.15, 0.2) is 0 Å². The van der Waals surface area contributed by atoms with Gasteiger partial charge >= 0.3 is 0 Å². The quantitative estimate of drug-likeness (QED) is 0.866. The molecule has 0 saturated heterocycles. The van der Waals surface area contributed by atoms with Crippen LogP contribution in [0.25, 0.3) is 0 Å². The third kappa shape index (κ3) is 2.79. The van der Waals surface area contributed by atoms with Crippen LogP contribution in [-0.2, 0) is 13.0 Å². The first kappa shape index (κ1) is 12.8. The lowest BCUT2D eigenvalue weighted by Gasteiger charge is -2.06. The number of aromatic nitrogens is 2. The fourth-order valence-corrected chi connectivity index (χ4v) is 2.16. The average Bonchev–Trinajstić information content (AvgIpc) is 2.65. The van der Waals surface area contributed by atoms with Gasteiger partial charge in [-0.2, -0.15) is 0 Å². The van der Waals surface area contributed by atoms with Gasteiger partial charge in [-0.25, -0.2) is 4.98 Å². The van der Waals surface area contributed by atoms with Crippen molar-refractivity contribution in [2.75, 3.05) is 7.05 Å². The van der Waals surface area contributed by atoms with Crippen LogP contribution >= 0.6 is 0 Å². The first-order chi connectivity index (χ1) is 8.60. The van der Waals surface area contributed by atoms with E-state index in [1.807, 2.05) is 7.05 Å². The van der Waals surface area contributed by atoms with Crippen LogP contribution in [0.3, 0.4) is 0 Å². The van der Waals surface area contributed by atoms with Crippen LogP contribution in [0.5, 0.6) is 0 Å². The van der Waals surface area contributed by atoms with Crippen molar-refractivity contribution < 1.29 is 0 Å². The molecule has 0 fully saturated rings. The molecule has 0 saturated carbocycles. The predicted octanol–water partition coefficient (Wildman–Crippen LogP) is 2.65. The third-order valence-electron chi connectivity index (χ3n) is 3.24. The van der Waals surface area contributed by atoms with Crippen molar-refractivity contribution in [2.45, 2.75) is 33.7 Å². The number of rotatable bonds is 4. The van der Waals surface area contributed by atoms with E-state index in [0.717, 1.165) is 24.5 Å². The minimum atomic E-state index is 0.785. The normalized spacial score (nSPS) is 10.9. The molecule has 3 nitrogen and oxygen atoms in total. The Morgan fingerprint density at radius 2 is 2.00 bits per heavy atom.